The summed E-state index contributed by atoms with van der Waals surface area (Å²) in [6, 6.07) is 11.6. The van der Waals surface area contributed by atoms with E-state index in [0.29, 0.717) is 17.5 Å². The van der Waals surface area contributed by atoms with E-state index in [1.54, 1.807) is 24.3 Å². The summed E-state index contributed by atoms with van der Waals surface area (Å²) in [5, 5.41) is 22.0. The average Bonchev–Trinajstić information content (AvgIpc) is 2.58. The molecule has 0 spiro atoms. The van der Waals surface area contributed by atoms with Crippen LogP contribution < -0.4 is 5.32 Å². The molecule has 5 heteroatoms. The smallest absolute Gasteiger partial charge is 0.128 e. The van der Waals surface area contributed by atoms with Gasteiger partial charge in [0, 0.05) is 18.2 Å². The molecule has 120 valence electrons. The van der Waals surface area contributed by atoms with E-state index in [1.807, 2.05) is 13.0 Å². The van der Waals surface area contributed by atoms with Crippen LogP contribution in [0.4, 0.5) is 8.78 Å². The highest BCUT2D eigenvalue weighted by Crippen LogP contribution is 2.22. The minimum absolute atomic E-state index is 0.195. The van der Waals surface area contributed by atoms with Crippen LogP contribution in [-0.4, -0.2) is 11.7 Å². The summed E-state index contributed by atoms with van der Waals surface area (Å²) in [6.45, 7) is 2.05. The van der Waals surface area contributed by atoms with Crippen molar-refractivity contribution in [1.29, 1.82) is 5.26 Å². The van der Waals surface area contributed by atoms with Gasteiger partial charge in [-0.05, 0) is 42.3 Å². The van der Waals surface area contributed by atoms with Gasteiger partial charge in [-0.2, -0.15) is 5.26 Å². The number of nitrogens with one attached hydrogen (secondary N) is 1. The number of aliphatic hydroxyl groups excluding tert-OH is 1. The molecule has 2 aromatic rings. The molecule has 0 aliphatic heterocycles. The number of hydrogen-bond donors (Lipinski definition) is 2. The summed E-state index contributed by atoms with van der Waals surface area (Å²) in [5.41, 5.74) is 1.42. The summed E-state index contributed by atoms with van der Waals surface area (Å²) >= 11 is 0. The topological polar surface area (TPSA) is 56.0 Å². The summed E-state index contributed by atoms with van der Waals surface area (Å²) in [4.78, 5) is 0. The van der Waals surface area contributed by atoms with E-state index < -0.39 is 23.8 Å². The fraction of sp³-hybridized carbons (Fsp3) is 0.278. The van der Waals surface area contributed by atoms with Crippen molar-refractivity contribution >= 4 is 0 Å². The number of halogens is 2. The van der Waals surface area contributed by atoms with Crippen molar-refractivity contribution in [1.82, 2.24) is 5.32 Å². The lowest BCUT2D eigenvalue weighted by Crippen LogP contribution is -2.27. The minimum atomic E-state index is -0.798. The number of rotatable bonds is 6. The van der Waals surface area contributed by atoms with E-state index in [1.165, 1.54) is 6.07 Å². The molecule has 2 aromatic carbocycles. The van der Waals surface area contributed by atoms with E-state index in [9.17, 15) is 13.9 Å². The Bertz CT molecular complexity index is 695. The van der Waals surface area contributed by atoms with Gasteiger partial charge in [0.2, 0.25) is 0 Å². The van der Waals surface area contributed by atoms with Crippen molar-refractivity contribution in [3.05, 3.63) is 70.8 Å². The van der Waals surface area contributed by atoms with Crippen LogP contribution in [0.3, 0.4) is 0 Å². The zero-order chi connectivity index (χ0) is 16.8. The predicted octanol–water partition coefficient (Wildman–Crippen LogP) is 3.61. The maximum atomic E-state index is 13.8. The second-order valence-corrected chi connectivity index (χ2v) is 5.28. The Balaban J connectivity index is 2.04. The Hall–Kier alpha value is -2.29. The highest BCUT2D eigenvalue weighted by Gasteiger charge is 2.16. The lowest BCUT2D eigenvalue weighted by atomic mass is 10.0. The third kappa shape index (κ3) is 4.35. The molecule has 0 aliphatic carbocycles. The maximum absolute atomic E-state index is 13.8. The van der Waals surface area contributed by atoms with Crippen molar-refractivity contribution in [3.8, 4) is 6.07 Å². The first-order valence-corrected chi connectivity index (χ1v) is 7.41. The third-order valence-electron chi connectivity index (χ3n) is 3.72. The Labute approximate surface area is 134 Å². The number of hydrogen-bond acceptors (Lipinski definition) is 3. The molecular formula is C18H18F2N2O. The first-order chi connectivity index (χ1) is 11.0. The molecule has 23 heavy (non-hydrogen) atoms. The molecule has 2 rings (SSSR count). The zero-order valence-corrected chi connectivity index (χ0v) is 12.8. The normalized spacial score (nSPS) is 13.3. The van der Waals surface area contributed by atoms with E-state index in [4.69, 9.17) is 5.26 Å². The monoisotopic (exact) mass is 316 g/mol. The first kappa shape index (κ1) is 17.1. The van der Waals surface area contributed by atoms with Crippen molar-refractivity contribution in [3.63, 3.8) is 0 Å². The maximum Gasteiger partial charge on any atom is 0.128 e. The number of benzene rings is 2. The van der Waals surface area contributed by atoms with Gasteiger partial charge in [-0.25, -0.2) is 8.78 Å². The fourth-order valence-corrected chi connectivity index (χ4v) is 2.41. The average molecular weight is 316 g/mol. The van der Waals surface area contributed by atoms with Crippen LogP contribution in [0.1, 0.15) is 42.2 Å². The van der Waals surface area contributed by atoms with Crippen LogP contribution in [-0.2, 0) is 0 Å². The van der Waals surface area contributed by atoms with E-state index in [2.05, 4.69) is 5.32 Å². The number of aliphatic hydroxyl groups is 1. The van der Waals surface area contributed by atoms with Gasteiger partial charge >= 0.3 is 0 Å². The van der Waals surface area contributed by atoms with E-state index in [-0.39, 0.29) is 12.1 Å². The molecule has 0 fully saturated rings. The largest absolute Gasteiger partial charge is 0.387 e. The van der Waals surface area contributed by atoms with Crippen LogP contribution >= 0.6 is 0 Å². The molecule has 0 radical (unpaired) electrons. The van der Waals surface area contributed by atoms with Gasteiger partial charge in [-0.1, -0.05) is 19.1 Å². The Morgan fingerprint density at radius 1 is 1.17 bits per heavy atom. The lowest BCUT2D eigenvalue weighted by Gasteiger charge is -2.20. The minimum Gasteiger partial charge on any atom is -0.387 e. The van der Waals surface area contributed by atoms with Crippen LogP contribution in [0.2, 0.25) is 0 Å². The van der Waals surface area contributed by atoms with Gasteiger partial charge in [0.25, 0.3) is 0 Å². The third-order valence-corrected chi connectivity index (χ3v) is 3.72. The van der Waals surface area contributed by atoms with Gasteiger partial charge in [0.15, 0.2) is 0 Å². The summed E-state index contributed by atoms with van der Waals surface area (Å²) in [5.74, 6) is -0.965. The van der Waals surface area contributed by atoms with Gasteiger partial charge in [0.1, 0.15) is 11.6 Å². The molecule has 0 saturated heterocycles. The summed E-state index contributed by atoms with van der Waals surface area (Å²) < 4.78 is 27.1. The Kier molecular flexibility index (Phi) is 5.80. The predicted molar refractivity (Wildman–Crippen MR) is 83.5 cm³/mol. The Morgan fingerprint density at radius 3 is 2.48 bits per heavy atom. The van der Waals surface area contributed by atoms with Crippen molar-refractivity contribution in [2.75, 3.05) is 6.54 Å². The molecule has 0 amide bonds. The van der Waals surface area contributed by atoms with Gasteiger partial charge < -0.3 is 10.4 Å². The summed E-state index contributed by atoms with van der Waals surface area (Å²) in [6.07, 6.45) is -0.242. The molecule has 0 bridgehead atoms. The van der Waals surface area contributed by atoms with Crippen LogP contribution in [0.15, 0.2) is 42.5 Å². The van der Waals surface area contributed by atoms with Gasteiger partial charge in [0.05, 0.1) is 17.7 Å². The fourth-order valence-electron chi connectivity index (χ4n) is 2.41. The van der Waals surface area contributed by atoms with Gasteiger partial charge in [-0.3, -0.25) is 0 Å². The standard InChI is InChI=1S/C18H18F2N2O/c1-2-17(15-9-14(19)7-8-16(15)20)22-11-18(23)13-5-3-12(10-21)4-6-13/h3-9,17-18,22-23H,2,11H2,1H3. The molecule has 0 aliphatic rings. The van der Waals surface area contributed by atoms with E-state index in [0.717, 1.165) is 12.1 Å². The molecule has 3 nitrogen and oxygen atoms in total. The molecule has 2 atom stereocenters. The van der Waals surface area contributed by atoms with Crippen molar-refractivity contribution in [2.45, 2.75) is 25.5 Å². The second-order valence-electron chi connectivity index (χ2n) is 5.28. The summed E-state index contributed by atoms with van der Waals surface area (Å²) in [7, 11) is 0. The van der Waals surface area contributed by atoms with Crippen molar-refractivity contribution < 1.29 is 13.9 Å². The molecule has 0 aromatic heterocycles. The SMILES string of the molecule is CCC(NCC(O)c1ccc(C#N)cc1)c1cc(F)ccc1F. The second kappa shape index (κ2) is 7.82. The molecule has 0 saturated carbocycles. The van der Waals surface area contributed by atoms with Crippen LogP contribution in [0.5, 0.6) is 0 Å². The van der Waals surface area contributed by atoms with Crippen LogP contribution in [0, 0.1) is 23.0 Å². The first-order valence-electron chi connectivity index (χ1n) is 7.41. The zero-order valence-electron chi connectivity index (χ0n) is 12.8. The lowest BCUT2D eigenvalue weighted by molar-refractivity contribution is 0.169. The molecule has 0 heterocycles. The number of nitrogens with zero attached hydrogens (tertiary/aromatic N) is 1. The molecule has 2 N–H and O–H groups in total. The molecule has 2 unspecified atom stereocenters. The molecular weight excluding hydrogens is 298 g/mol. The quantitative estimate of drug-likeness (QED) is 0.856. The number of nitriles is 1. The van der Waals surface area contributed by atoms with Gasteiger partial charge in [-0.15, -0.1) is 0 Å². The van der Waals surface area contributed by atoms with E-state index >= 15 is 0 Å². The highest BCUT2D eigenvalue weighted by atomic mass is 19.1. The van der Waals surface area contributed by atoms with Crippen molar-refractivity contribution in [2.24, 2.45) is 0 Å². The Morgan fingerprint density at radius 2 is 1.87 bits per heavy atom. The highest BCUT2D eigenvalue weighted by molar-refractivity contribution is 5.32. The van der Waals surface area contributed by atoms with Crippen LogP contribution in [0.25, 0.3) is 0 Å².